The molecule has 0 aliphatic carbocycles. The first-order valence-corrected chi connectivity index (χ1v) is 7.18. The molecule has 2 aromatic rings. The Labute approximate surface area is 126 Å². The number of hydrogen-bond acceptors (Lipinski definition) is 3. The zero-order chi connectivity index (χ0) is 15.1. The molecule has 3 nitrogen and oxygen atoms in total. The van der Waals surface area contributed by atoms with Gasteiger partial charge in [0.05, 0.1) is 18.2 Å². The molecule has 0 fully saturated rings. The van der Waals surface area contributed by atoms with Gasteiger partial charge in [-0.15, -0.1) is 0 Å². The Morgan fingerprint density at radius 1 is 1.19 bits per heavy atom. The molecule has 0 saturated carbocycles. The van der Waals surface area contributed by atoms with E-state index < -0.39 is 0 Å². The van der Waals surface area contributed by atoms with Crippen LogP contribution in [0.25, 0.3) is 0 Å². The van der Waals surface area contributed by atoms with E-state index in [1.165, 1.54) is 11.1 Å². The van der Waals surface area contributed by atoms with Crippen molar-refractivity contribution in [2.75, 3.05) is 6.61 Å². The lowest BCUT2D eigenvalue weighted by Crippen LogP contribution is -2.18. The molecule has 0 radical (unpaired) electrons. The average molecular weight is 280 g/mol. The number of nitriles is 1. The molecule has 0 saturated heterocycles. The highest BCUT2D eigenvalue weighted by Gasteiger charge is 2.05. The van der Waals surface area contributed by atoms with E-state index in [-0.39, 0.29) is 6.04 Å². The summed E-state index contributed by atoms with van der Waals surface area (Å²) in [6.07, 6.45) is 0. The summed E-state index contributed by atoms with van der Waals surface area (Å²) >= 11 is 0. The number of ether oxygens (including phenoxy) is 1. The summed E-state index contributed by atoms with van der Waals surface area (Å²) in [5.74, 6) is 0.905. The van der Waals surface area contributed by atoms with Gasteiger partial charge in [-0.3, -0.25) is 0 Å². The van der Waals surface area contributed by atoms with Crippen molar-refractivity contribution in [2.45, 2.75) is 26.4 Å². The summed E-state index contributed by atoms with van der Waals surface area (Å²) in [4.78, 5) is 0. The van der Waals surface area contributed by atoms with Crippen LogP contribution in [-0.2, 0) is 6.54 Å². The smallest absolute Gasteiger partial charge is 0.119 e. The molecule has 0 heterocycles. The molecule has 3 heteroatoms. The van der Waals surface area contributed by atoms with Gasteiger partial charge in [0.2, 0.25) is 0 Å². The normalized spacial score (nSPS) is 11.7. The van der Waals surface area contributed by atoms with Gasteiger partial charge >= 0.3 is 0 Å². The van der Waals surface area contributed by atoms with Crippen molar-refractivity contribution in [3.05, 3.63) is 65.2 Å². The summed E-state index contributed by atoms with van der Waals surface area (Å²) in [5, 5.41) is 12.3. The van der Waals surface area contributed by atoms with Crippen molar-refractivity contribution in [2.24, 2.45) is 0 Å². The molecule has 0 aromatic heterocycles. The fraction of sp³-hybridized carbons (Fsp3) is 0.278. The highest BCUT2D eigenvalue weighted by atomic mass is 16.5. The number of nitrogens with zero attached hydrogens (tertiary/aromatic N) is 1. The molecule has 1 unspecified atom stereocenters. The number of nitrogens with one attached hydrogen (secondary N) is 1. The van der Waals surface area contributed by atoms with Crippen molar-refractivity contribution >= 4 is 0 Å². The highest BCUT2D eigenvalue weighted by Crippen LogP contribution is 2.16. The van der Waals surface area contributed by atoms with Gasteiger partial charge < -0.3 is 10.1 Å². The monoisotopic (exact) mass is 280 g/mol. The number of benzene rings is 2. The fourth-order valence-corrected chi connectivity index (χ4v) is 2.15. The number of rotatable bonds is 6. The van der Waals surface area contributed by atoms with Crippen LogP contribution in [0.1, 0.15) is 36.6 Å². The van der Waals surface area contributed by atoms with Gasteiger partial charge in [0.1, 0.15) is 5.75 Å². The molecule has 0 aliphatic heterocycles. The Balaban J connectivity index is 1.95. The van der Waals surface area contributed by atoms with E-state index in [0.29, 0.717) is 12.2 Å². The van der Waals surface area contributed by atoms with Gasteiger partial charge in [0.25, 0.3) is 0 Å². The van der Waals surface area contributed by atoms with Crippen LogP contribution in [-0.4, -0.2) is 6.61 Å². The fourth-order valence-electron chi connectivity index (χ4n) is 2.15. The third kappa shape index (κ3) is 4.34. The predicted octanol–water partition coefficient (Wildman–Crippen LogP) is 3.81. The molecule has 0 amide bonds. The van der Waals surface area contributed by atoms with Crippen molar-refractivity contribution in [1.82, 2.24) is 5.32 Å². The van der Waals surface area contributed by atoms with Crippen molar-refractivity contribution in [1.29, 1.82) is 5.26 Å². The third-order valence-corrected chi connectivity index (χ3v) is 3.36. The molecule has 0 bridgehead atoms. The van der Waals surface area contributed by atoms with Gasteiger partial charge in [-0.05, 0) is 49.2 Å². The third-order valence-electron chi connectivity index (χ3n) is 3.36. The average Bonchev–Trinajstić information content (AvgIpc) is 2.53. The quantitative estimate of drug-likeness (QED) is 0.875. The summed E-state index contributed by atoms with van der Waals surface area (Å²) in [6, 6.07) is 18.2. The van der Waals surface area contributed by atoms with Gasteiger partial charge in [-0.2, -0.15) is 5.26 Å². The Bertz CT molecular complexity index is 614. The Kier molecular flexibility index (Phi) is 5.36. The molecule has 2 aromatic carbocycles. The van der Waals surface area contributed by atoms with Crippen LogP contribution >= 0.6 is 0 Å². The van der Waals surface area contributed by atoms with E-state index in [4.69, 9.17) is 10.00 Å². The maximum absolute atomic E-state index is 8.81. The van der Waals surface area contributed by atoms with Gasteiger partial charge in [-0.1, -0.05) is 24.3 Å². The zero-order valence-electron chi connectivity index (χ0n) is 12.5. The van der Waals surface area contributed by atoms with Gasteiger partial charge in [-0.25, -0.2) is 0 Å². The van der Waals surface area contributed by atoms with Crippen LogP contribution in [0.3, 0.4) is 0 Å². The van der Waals surface area contributed by atoms with E-state index >= 15 is 0 Å². The standard InChI is InChI=1S/C18H20N2O/c1-3-21-18-6-4-5-16(11-18)13-20-14(2)17-9-7-15(12-19)8-10-17/h4-11,14,20H,3,13H2,1-2H3. The Morgan fingerprint density at radius 2 is 1.95 bits per heavy atom. The Morgan fingerprint density at radius 3 is 2.62 bits per heavy atom. The molecule has 21 heavy (non-hydrogen) atoms. The van der Waals surface area contributed by atoms with Crippen molar-refractivity contribution in [3.8, 4) is 11.8 Å². The Hall–Kier alpha value is -2.31. The van der Waals surface area contributed by atoms with Crippen LogP contribution in [0, 0.1) is 11.3 Å². The van der Waals surface area contributed by atoms with Crippen LogP contribution < -0.4 is 10.1 Å². The van der Waals surface area contributed by atoms with Crippen LogP contribution in [0.5, 0.6) is 5.75 Å². The van der Waals surface area contributed by atoms with Gasteiger partial charge in [0.15, 0.2) is 0 Å². The highest BCUT2D eigenvalue weighted by molar-refractivity contribution is 5.33. The summed E-state index contributed by atoms with van der Waals surface area (Å²) < 4.78 is 5.51. The second-order valence-corrected chi connectivity index (χ2v) is 4.92. The lowest BCUT2D eigenvalue weighted by atomic mass is 10.1. The zero-order valence-corrected chi connectivity index (χ0v) is 12.5. The van der Waals surface area contributed by atoms with Crippen LogP contribution in [0.4, 0.5) is 0 Å². The van der Waals surface area contributed by atoms with Crippen LogP contribution in [0.15, 0.2) is 48.5 Å². The van der Waals surface area contributed by atoms with E-state index in [9.17, 15) is 0 Å². The topological polar surface area (TPSA) is 45.0 Å². The summed E-state index contributed by atoms with van der Waals surface area (Å²) in [5.41, 5.74) is 3.06. The van der Waals surface area contributed by atoms with E-state index in [2.05, 4.69) is 30.4 Å². The maximum atomic E-state index is 8.81. The number of hydrogen-bond donors (Lipinski definition) is 1. The van der Waals surface area contributed by atoms with Gasteiger partial charge in [0, 0.05) is 12.6 Å². The first-order chi connectivity index (χ1) is 10.2. The van der Waals surface area contributed by atoms with Crippen molar-refractivity contribution in [3.63, 3.8) is 0 Å². The van der Waals surface area contributed by atoms with Crippen LogP contribution in [0.2, 0.25) is 0 Å². The molecule has 1 atom stereocenters. The molecule has 0 aliphatic rings. The lowest BCUT2D eigenvalue weighted by Gasteiger charge is -2.15. The molecule has 2 rings (SSSR count). The van der Waals surface area contributed by atoms with E-state index in [0.717, 1.165) is 12.3 Å². The van der Waals surface area contributed by atoms with Crippen molar-refractivity contribution < 1.29 is 4.74 Å². The maximum Gasteiger partial charge on any atom is 0.119 e. The minimum atomic E-state index is 0.230. The first-order valence-electron chi connectivity index (χ1n) is 7.18. The molecule has 108 valence electrons. The minimum Gasteiger partial charge on any atom is -0.494 e. The molecular formula is C18H20N2O. The predicted molar refractivity (Wildman–Crippen MR) is 84.0 cm³/mol. The summed E-state index contributed by atoms with van der Waals surface area (Å²) in [6.45, 7) is 5.56. The lowest BCUT2D eigenvalue weighted by molar-refractivity contribution is 0.339. The summed E-state index contributed by atoms with van der Waals surface area (Å²) in [7, 11) is 0. The van der Waals surface area contributed by atoms with E-state index in [1.54, 1.807) is 0 Å². The molecule has 1 N–H and O–H groups in total. The second-order valence-electron chi connectivity index (χ2n) is 4.92. The molecule has 0 spiro atoms. The second kappa shape index (κ2) is 7.47. The largest absolute Gasteiger partial charge is 0.494 e. The first kappa shape index (κ1) is 15.1. The minimum absolute atomic E-state index is 0.230. The van der Waals surface area contributed by atoms with E-state index in [1.807, 2.05) is 43.3 Å². The SMILES string of the molecule is CCOc1cccc(CNC(C)c2ccc(C#N)cc2)c1. The molecular weight excluding hydrogens is 260 g/mol.